The molecule has 3 aromatic heterocycles. The lowest BCUT2D eigenvalue weighted by molar-refractivity contribution is -0.206. The van der Waals surface area contributed by atoms with Crippen molar-refractivity contribution in [1.29, 1.82) is 0 Å². The number of H-pyrrole nitrogens is 1. The second-order valence-electron chi connectivity index (χ2n) is 8.89. The lowest BCUT2D eigenvalue weighted by Crippen LogP contribution is -2.24. The third-order valence-electron chi connectivity index (χ3n) is 5.77. The predicted molar refractivity (Wildman–Crippen MR) is 134 cm³/mol. The molecule has 17 heteroatoms. The highest BCUT2D eigenvalue weighted by atomic mass is 19.4. The summed E-state index contributed by atoms with van der Waals surface area (Å²) in [7, 11) is 0. The maximum atomic E-state index is 14.6. The van der Waals surface area contributed by atoms with E-state index in [1.807, 2.05) is 6.92 Å². The number of nitrogens with one attached hydrogen (secondary N) is 1. The number of nitrogens with two attached hydrogens (primary N) is 1. The van der Waals surface area contributed by atoms with Gasteiger partial charge in [0.2, 0.25) is 0 Å². The summed E-state index contributed by atoms with van der Waals surface area (Å²) in [6, 6.07) is 3.78. The molecule has 2 unspecified atom stereocenters. The summed E-state index contributed by atoms with van der Waals surface area (Å²) in [5, 5.41) is 14.3. The Kier molecular flexibility index (Phi) is 9.65. The number of aliphatic hydroxyl groups is 1. The van der Waals surface area contributed by atoms with Gasteiger partial charge in [-0.05, 0) is 30.0 Å². The molecule has 0 bridgehead atoms. The highest BCUT2D eigenvalue weighted by molar-refractivity contribution is 5.86. The molecular weight excluding hydrogens is 584 g/mol. The normalized spacial score (nSPS) is 13.4. The van der Waals surface area contributed by atoms with E-state index in [4.69, 9.17) is 5.73 Å². The van der Waals surface area contributed by atoms with Crippen molar-refractivity contribution in [2.75, 3.05) is 5.73 Å². The smallest absolute Gasteiger partial charge is 0.397 e. The quantitative estimate of drug-likeness (QED) is 0.270. The number of benzene rings is 1. The number of rotatable bonds is 6. The van der Waals surface area contributed by atoms with E-state index in [2.05, 4.69) is 15.1 Å². The number of pyridine rings is 1. The minimum atomic E-state index is -4.88. The van der Waals surface area contributed by atoms with E-state index in [9.17, 15) is 49.8 Å². The molecular formula is C25H22F8N6O3. The first-order chi connectivity index (χ1) is 19.5. The first-order valence-corrected chi connectivity index (χ1v) is 12.0. The standard InChI is InChI=1S/C20H18F5N3O2.C5H4F3N3O/c1-2-3-13(21)10-28-5-4-11-6-15(16(22)7-14(11)19(28)30)18-26-8-12(9-27-18)17(29)20(23,24)25;6-5(7,8)3-2(9)1-10-11-4(3)12/h4-9,13,17,29H,2-3,10H2,1H3;1H,(H3,9,11,12). The fourth-order valence-corrected chi connectivity index (χ4v) is 3.75. The largest absolute Gasteiger partial charge is 0.423 e. The van der Waals surface area contributed by atoms with Gasteiger partial charge in [0.05, 0.1) is 29.4 Å². The van der Waals surface area contributed by atoms with Crippen LogP contribution < -0.4 is 16.9 Å². The summed E-state index contributed by atoms with van der Waals surface area (Å²) in [5.41, 5.74) is 0.236. The zero-order chi connectivity index (χ0) is 31.4. The predicted octanol–water partition coefficient (Wildman–Crippen LogP) is 4.70. The van der Waals surface area contributed by atoms with Gasteiger partial charge in [-0.3, -0.25) is 9.59 Å². The van der Waals surface area contributed by atoms with Crippen molar-refractivity contribution in [2.24, 2.45) is 0 Å². The van der Waals surface area contributed by atoms with Crippen molar-refractivity contribution >= 4 is 16.5 Å². The van der Waals surface area contributed by atoms with Crippen molar-refractivity contribution in [1.82, 2.24) is 24.7 Å². The topological polar surface area (TPSA) is 140 Å². The Morgan fingerprint density at radius 1 is 1.07 bits per heavy atom. The fourth-order valence-electron chi connectivity index (χ4n) is 3.75. The summed E-state index contributed by atoms with van der Waals surface area (Å²) in [4.78, 5) is 30.5. The van der Waals surface area contributed by atoms with Crippen LogP contribution >= 0.6 is 0 Å². The van der Waals surface area contributed by atoms with Crippen molar-refractivity contribution in [3.63, 3.8) is 0 Å². The molecule has 0 aliphatic carbocycles. The number of aromatic amines is 1. The highest BCUT2D eigenvalue weighted by Gasteiger charge is 2.40. The van der Waals surface area contributed by atoms with Gasteiger partial charge in [-0.2, -0.15) is 31.4 Å². The first kappa shape index (κ1) is 32.1. The number of alkyl halides is 7. The van der Waals surface area contributed by atoms with E-state index >= 15 is 0 Å². The van der Waals surface area contributed by atoms with E-state index < -0.39 is 58.4 Å². The van der Waals surface area contributed by atoms with Crippen LogP contribution in [0.1, 0.15) is 37.0 Å². The molecule has 42 heavy (non-hydrogen) atoms. The molecule has 2 atom stereocenters. The lowest BCUT2D eigenvalue weighted by atomic mass is 10.1. The van der Waals surface area contributed by atoms with Crippen LogP contribution in [0.3, 0.4) is 0 Å². The number of nitrogens with zero attached hydrogens (tertiary/aromatic N) is 4. The highest BCUT2D eigenvalue weighted by Crippen LogP contribution is 2.32. The summed E-state index contributed by atoms with van der Waals surface area (Å²) in [6.45, 7) is 1.68. The van der Waals surface area contributed by atoms with Crippen molar-refractivity contribution in [2.45, 2.75) is 50.9 Å². The Morgan fingerprint density at radius 2 is 1.71 bits per heavy atom. The van der Waals surface area contributed by atoms with Gasteiger partial charge in [0.1, 0.15) is 17.6 Å². The molecule has 226 valence electrons. The van der Waals surface area contributed by atoms with Crippen LogP contribution in [-0.2, 0) is 12.7 Å². The SMILES string of the molecule is CCCC(F)Cn1ccc2cc(-c3ncc(C(O)C(F)(F)F)cn3)c(F)cc2c1=O.Nc1cn[nH]c(=O)c1C(F)(F)F. The zero-order valence-electron chi connectivity index (χ0n) is 21.5. The molecule has 0 spiro atoms. The van der Waals surface area contributed by atoms with Crippen LogP contribution in [0.4, 0.5) is 40.8 Å². The number of hydrogen-bond donors (Lipinski definition) is 3. The van der Waals surface area contributed by atoms with E-state index in [0.29, 0.717) is 18.2 Å². The van der Waals surface area contributed by atoms with Gasteiger partial charge in [0.15, 0.2) is 11.9 Å². The molecule has 0 radical (unpaired) electrons. The maximum Gasteiger partial charge on any atom is 0.423 e. The van der Waals surface area contributed by atoms with Gasteiger partial charge in [-0.15, -0.1) is 0 Å². The second-order valence-corrected chi connectivity index (χ2v) is 8.89. The van der Waals surface area contributed by atoms with Crippen LogP contribution in [0, 0.1) is 5.82 Å². The van der Waals surface area contributed by atoms with Crippen molar-refractivity contribution in [3.8, 4) is 11.4 Å². The third kappa shape index (κ3) is 7.45. The number of halogens is 8. The number of fused-ring (bicyclic) bond motifs is 1. The summed E-state index contributed by atoms with van der Waals surface area (Å²) >= 11 is 0. The molecule has 0 aliphatic rings. The zero-order valence-corrected chi connectivity index (χ0v) is 21.5. The van der Waals surface area contributed by atoms with Crippen LogP contribution in [-0.4, -0.2) is 42.2 Å². The molecule has 4 aromatic rings. The van der Waals surface area contributed by atoms with Gasteiger partial charge in [0.25, 0.3) is 11.1 Å². The summed E-state index contributed by atoms with van der Waals surface area (Å²) < 4.78 is 103. The number of hydrogen-bond acceptors (Lipinski definition) is 7. The molecule has 4 N–H and O–H groups in total. The Bertz CT molecular complexity index is 1650. The average molecular weight is 606 g/mol. The minimum absolute atomic E-state index is 0.0339. The Labute approximate surface area is 230 Å². The molecule has 0 aliphatic heterocycles. The molecule has 9 nitrogen and oxygen atoms in total. The Hall–Kier alpha value is -4.41. The summed E-state index contributed by atoms with van der Waals surface area (Å²) in [5.74, 6) is -1.06. The Balaban J connectivity index is 0.000000337. The van der Waals surface area contributed by atoms with Gasteiger partial charge >= 0.3 is 12.4 Å². The lowest BCUT2D eigenvalue weighted by Gasteiger charge is -2.14. The van der Waals surface area contributed by atoms with E-state index in [1.165, 1.54) is 22.9 Å². The molecule has 3 heterocycles. The van der Waals surface area contributed by atoms with Crippen LogP contribution in [0.2, 0.25) is 0 Å². The number of nitrogen functional groups attached to an aromatic ring is 1. The van der Waals surface area contributed by atoms with Gasteiger partial charge < -0.3 is 15.4 Å². The fraction of sp³-hybridized carbons (Fsp3) is 0.320. The van der Waals surface area contributed by atoms with Crippen LogP contribution in [0.25, 0.3) is 22.2 Å². The minimum Gasteiger partial charge on any atom is -0.397 e. The van der Waals surface area contributed by atoms with E-state index in [-0.39, 0.29) is 23.3 Å². The Morgan fingerprint density at radius 3 is 2.24 bits per heavy atom. The van der Waals surface area contributed by atoms with Gasteiger partial charge in [0, 0.05) is 24.2 Å². The van der Waals surface area contributed by atoms with Crippen molar-refractivity contribution < 1.29 is 40.2 Å². The summed E-state index contributed by atoms with van der Waals surface area (Å²) in [6.07, 6.45) is -8.98. The monoisotopic (exact) mass is 606 g/mol. The molecule has 0 fully saturated rings. The molecule has 1 aromatic carbocycles. The second kappa shape index (κ2) is 12.6. The average Bonchev–Trinajstić information content (AvgIpc) is 2.89. The van der Waals surface area contributed by atoms with Gasteiger partial charge in [-0.25, -0.2) is 23.8 Å². The first-order valence-electron chi connectivity index (χ1n) is 12.0. The molecule has 0 saturated carbocycles. The molecule has 4 rings (SSSR count). The third-order valence-corrected chi connectivity index (χ3v) is 5.77. The number of aliphatic hydroxyl groups excluding tert-OH is 1. The number of anilines is 1. The van der Waals surface area contributed by atoms with E-state index in [0.717, 1.165) is 24.7 Å². The van der Waals surface area contributed by atoms with Crippen LogP contribution in [0.15, 0.2) is 52.6 Å². The van der Waals surface area contributed by atoms with E-state index in [1.54, 1.807) is 5.10 Å². The number of aromatic nitrogens is 5. The molecule has 0 saturated heterocycles. The van der Waals surface area contributed by atoms with Gasteiger partial charge in [-0.1, -0.05) is 13.3 Å². The molecule has 0 amide bonds. The van der Waals surface area contributed by atoms with Crippen molar-refractivity contribution in [3.05, 3.63) is 80.6 Å². The van der Waals surface area contributed by atoms with Crippen LogP contribution in [0.5, 0.6) is 0 Å². The maximum absolute atomic E-state index is 14.6.